The van der Waals surface area contributed by atoms with Crippen molar-refractivity contribution in [1.82, 2.24) is 4.98 Å². The van der Waals surface area contributed by atoms with Crippen LogP contribution in [0.4, 0.5) is 0 Å². The molecule has 1 N–H and O–H groups in total. The van der Waals surface area contributed by atoms with Crippen molar-refractivity contribution < 1.29 is 19.4 Å². The number of carbonyl (C=O) groups excluding carboxylic acids is 1. The summed E-state index contributed by atoms with van der Waals surface area (Å²) in [7, 11) is 0. The molecule has 0 aliphatic heterocycles. The van der Waals surface area contributed by atoms with Gasteiger partial charge in [-0.25, -0.2) is 9.78 Å². The predicted octanol–water partition coefficient (Wildman–Crippen LogP) is 3.93. The van der Waals surface area contributed by atoms with Crippen LogP contribution in [-0.4, -0.2) is 21.8 Å². The van der Waals surface area contributed by atoms with E-state index in [1.807, 2.05) is 0 Å². The molecule has 0 aliphatic rings. The fraction of sp³-hybridized carbons (Fsp3) is 0.133. The van der Waals surface area contributed by atoms with E-state index in [-0.39, 0.29) is 17.1 Å². The minimum Gasteiger partial charge on any atom is -0.478 e. The molecule has 0 unspecified atom stereocenters. The predicted molar refractivity (Wildman–Crippen MR) is 80.0 cm³/mol. The second kappa shape index (κ2) is 6.49. The Morgan fingerprint density at radius 3 is 2.62 bits per heavy atom. The first-order valence-corrected chi connectivity index (χ1v) is 7.00. The van der Waals surface area contributed by atoms with Crippen molar-refractivity contribution in [2.24, 2.45) is 0 Å². The fourth-order valence-corrected chi connectivity index (χ4v) is 2.01. The number of halogens is 1. The van der Waals surface area contributed by atoms with Crippen molar-refractivity contribution in [3.63, 3.8) is 0 Å². The molecular weight excluding hydrogens is 338 g/mol. The van der Waals surface area contributed by atoms with Crippen LogP contribution in [0.15, 0.2) is 41.0 Å². The highest BCUT2D eigenvalue weighted by Crippen LogP contribution is 2.28. The first-order valence-electron chi connectivity index (χ1n) is 6.21. The summed E-state index contributed by atoms with van der Waals surface area (Å²) < 4.78 is 6.24. The highest BCUT2D eigenvalue weighted by molar-refractivity contribution is 9.10. The molecule has 2 aromatic rings. The fourth-order valence-electron chi connectivity index (χ4n) is 1.67. The molecule has 0 atom stereocenters. The average Bonchev–Trinajstić information content (AvgIpc) is 2.47. The van der Waals surface area contributed by atoms with Crippen LogP contribution >= 0.6 is 15.9 Å². The summed E-state index contributed by atoms with van der Waals surface area (Å²) in [5.41, 5.74) is 0.407. The molecular formula is C15H12BrNO4. The van der Waals surface area contributed by atoms with Crippen LogP contribution in [0.1, 0.15) is 34.2 Å². The highest BCUT2D eigenvalue weighted by atomic mass is 79.9. The number of nitrogens with zero attached hydrogens (tertiary/aromatic N) is 1. The number of Topliss-reactive ketones (excluding diaryl/α,β-unsaturated/α-hetero) is 1. The number of ketones is 1. The van der Waals surface area contributed by atoms with E-state index < -0.39 is 5.97 Å². The van der Waals surface area contributed by atoms with Crippen molar-refractivity contribution in [2.45, 2.75) is 13.3 Å². The number of benzene rings is 1. The van der Waals surface area contributed by atoms with Crippen molar-refractivity contribution in [1.29, 1.82) is 0 Å². The maximum Gasteiger partial charge on any atom is 0.339 e. The average molecular weight is 350 g/mol. The molecule has 0 spiro atoms. The van der Waals surface area contributed by atoms with Crippen LogP contribution in [0.5, 0.6) is 11.5 Å². The third-order valence-corrected chi connectivity index (χ3v) is 3.24. The van der Waals surface area contributed by atoms with E-state index >= 15 is 0 Å². The monoisotopic (exact) mass is 349 g/mol. The Hall–Kier alpha value is -2.21. The number of hydrogen-bond donors (Lipinski definition) is 1. The first kappa shape index (κ1) is 15.2. The van der Waals surface area contributed by atoms with Crippen molar-refractivity contribution in [2.75, 3.05) is 0 Å². The van der Waals surface area contributed by atoms with E-state index in [2.05, 4.69) is 20.9 Å². The van der Waals surface area contributed by atoms with Crippen LogP contribution in [0.3, 0.4) is 0 Å². The van der Waals surface area contributed by atoms with Gasteiger partial charge in [0.15, 0.2) is 5.78 Å². The van der Waals surface area contributed by atoms with Crippen molar-refractivity contribution in [3.05, 3.63) is 52.3 Å². The van der Waals surface area contributed by atoms with Gasteiger partial charge >= 0.3 is 5.97 Å². The van der Waals surface area contributed by atoms with Gasteiger partial charge in [0, 0.05) is 10.9 Å². The lowest BCUT2D eigenvalue weighted by atomic mass is 10.2. The normalized spacial score (nSPS) is 10.2. The minimum atomic E-state index is -1.08. The molecule has 1 heterocycles. The summed E-state index contributed by atoms with van der Waals surface area (Å²) in [6, 6.07) is 7.78. The highest BCUT2D eigenvalue weighted by Gasteiger charge is 2.13. The number of aromatic carboxylic acids is 1. The Balaban J connectivity index is 2.28. The van der Waals surface area contributed by atoms with E-state index in [0.29, 0.717) is 22.3 Å². The third-order valence-electron chi connectivity index (χ3n) is 2.75. The maximum atomic E-state index is 11.5. The summed E-state index contributed by atoms with van der Waals surface area (Å²) in [6.45, 7) is 1.76. The molecule has 0 bridgehead atoms. The number of hydrogen-bond acceptors (Lipinski definition) is 4. The zero-order valence-electron chi connectivity index (χ0n) is 11.2. The van der Waals surface area contributed by atoms with Crippen LogP contribution in [-0.2, 0) is 0 Å². The lowest BCUT2D eigenvalue weighted by Crippen LogP contribution is -2.02. The van der Waals surface area contributed by atoms with Gasteiger partial charge in [0.1, 0.15) is 22.8 Å². The summed E-state index contributed by atoms with van der Waals surface area (Å²) >= 11 is 3.27. The molecule has 5 nitrogen and oxygen atoms in total. The molecule has 0 radical (unpaired) electrons. The number of rotatable bonds is 5. The largest absolute Gasteiger partial charge is 0.478 e. The van der Waals surface area contributed by atoms with E-state index in [9.17, 15) is 9.59 Å². The molecule has 21 heavy (non-hydrogen) atoms. The molecule has 0 saturated heterocycles. The van der Waals surface area contributed by atoms with E-state index in [1.54, 1.807) is 31.2 Å². The van der Waals surface area contributed by atoms with E-state index in [4.69, 9.17) is 9.84 Å². The van der Waals surface area contributed by atoms with Gasteiger partial charge in [-0.2, -0.15) is 0 Å². The van der Waals surface area contributed by atoms with Crippen LogP contribution in [0.25, 0.3) is 0 Å². The van der Waals surface area contributed by atoms with Crippen molar-refractivity contribution >= 4 is 27.7 Å². The Labute approximate surface area is 129 Å². The van der Waals surface area contributed by atoms with Gasteiger partial charge < -0.3 is 9.84 Å². The summed E-state index contributed by atoms with van der Waals surface area (Å²) in [4.78, 5) is 26.6. The topological polar surface area (TPSA) is 76.5 Å². The zero-order chi connectivity index (χ0) is 15.4. The van der Waals surface area contributed by atoms with Crippen molar-refractivity contribution in [3.8, 4) is 11.5 Å². The van der Waals surface area contributed by atoms with Gasteiger partial charge in [0.05, 0.1) is 6.20 Å². The lowest BCUT2D eigenvalue weighted by Gasteiger charge is -2.09. The number of carboxylic acids is 1. The van der Waals surface area contributed by atoms with Crippen LogP contribution in [0, 0.1) is 0 Å². The number of carboxylic acid groups (broad SMARTS) is 1. The second-order valence-electron chi connectivity index (χ2n) is 4.20. The lowest BCUT2D eigenvalue weighted by molar-refractivity contribution is 0.0694. The molecule has 0 fully saturated rings. The minimum absolute atomic E-state index is 0.0481. The SMILES string of the molecule is CCC(=O)c1ccc(Oc2cc(Br)ccc2C(=O)O)cn1. The van der Waals surface area contributed by atoms with Gasteiger partial charge in [0.2, 0.25) is 0 Å². The smallest absolute Gasteiger partial charge is 0.339 e. The number of ether oxygens (including phenoxy) is 1. The van der Waals surface area contributed by atoms with Gasteiger partial charge in [-0.1, -0.05) is 22.9 Å². The summed E-state index contributed by atoms with van der Waals surface area (Å²) in [6.07, 6.45) is 1.78. The molecule has 0 saturated carbocycles. The standard InChI is InChI=1S/C15H12BrNO4/c1-2-13(18)12-6-4-10(8-17-12)21-14-7-9(16)3-5-11(14)15(19)20/h3-8H,2H2,1H3,(H,19,20). The van der Waals surface area contributed by atoms with Gasteiger partial charge in [0.25, 0.3) is 0 Å². The Bertz CT molecular complexity index is 683. The molecule has 0 aliphatic carbocycles. The Morgan fingerprint density at radius 2 is 2.05 bits per heavy atom. The van der Waals surface area contributed by atoms with Gasteiger partial charge in [-0.15, -0.1) is 0 Å². The number of pyridine rings is 1. The first-order chi connectivity index (χ1) is 10.0. The van der Waals surface area contributed by atoms with E-state index in [0.717, 1.165) is 0 Å². The molecule has 1 aromatic carbocycles. The summed E-state index contributed by atoms with van der Waals surface area (Å²) in [5.74, 6) is -0.574. The second-order valence-corrected chi connectivity index (χ2v) is 5.12. The third kappa shape index (κ3) is 3.66. The van der Waals surface area contributed by atoms with E-state index in [1.165, 1.54) is 12.3 Å². The maximum absolute atomic E-state index is 11.5. The molecule has 1 aromatic heterocycles. The van der Waals surface area contributed by atoms with Crippen LogP contribution < -0.4 is 4.74 Å². The van der Waals surface area contributed by atoms with Gasteiger partial charge in [-0.05, 0) is 30.3 Å². The molecule has 2 rings (SSSR count). The number of aromatic nitrogens is 1. The summed E-state index contributed by atoms with van der Waals surface area (Å²) in [5, 5.41) is 9.13. The molecule has 108 valence electrons. The Morgan fingerprint density at radius 1 is 1.29 bits per heavy atom. The quantitative estimate of drug-likeness (QED) is 0.827. The Kier molecular flexibility index (Phi) is 4.70. The molecule has 0 amide bonds. The number of carbonyl (C=O) groups is 2. The van der Waals surface area contributed by atoms with Crippen LogP contribution in [0.2, 0.25) is 0 Å². The van der Waals surface area contributed by atoms with Gasteiger partial charge in [-0.3, -0.25) is 4.79 Å². The molecule has 6 heteroatoms. The zero-order valence-corrected chi connectivity index (χ0v) is 12.8.